The SMILES string of the molecule is O=C(O)c1c(OC2CCCC2)cnn1CC1CCCSC1. The molecule has 1 aromatic heterocycles. The molecule has 5 nitrogen and oxygen atoms in total. The fourth-order valence-electron chi connectivity index (χ4n) is 3.19. The maximum Gasteiger partial charge on any atom is 0.358 e. The first-order valence-electron chi connectivity index (χ1n) is 7.77. The maximum atomic E-state index is 11.6. The number of carboxylic acid groups (broad SMARTS) is 1. The maximum absolute atomic E-state index is 11.6. The van der Waals surface area contributed by atoms with Crippen molar-refractivity contribution in [2.45, 2.75) is 51.2 Å². The van der Waals surface area contributed by atoms with Crippen molar-refractivity contribution in [3.05, 3.63) is 11.9 Å². The molecule has 2 heterocycles. The van der Waals surface area contributed by atoms with Gasteiger partial charge in [0, 0.05) is 6.54 Å². The molecule has 1 saturated heterocycles. The van der Waals surface area contributed by atoms with Crippen LogP contribution < -0.4 is 4.74 Å². The Kier molecular flexibility index (Phi) is 4.73. The summed E-state index contributed by atoms with van der Waals surface area (Å²) in [5.41, 5.74) is 0.220. The van der Waals surface area contributed by atoms with Crippen molar-refractivity contribution >= 4 is 17.7 Å². The number of hydrogen-bond donors (Lipinski definition) is 1. The van der Waals surface area contributed by atoms with Crippen LogP contribution in [0.15, 0.2) is 6.20 Å². The van der Waals surface area contributed by atoms with Crippen LogP contribution in [0.5, 0.6) is 5.75 Å². The van der Waals surface area contributed by atoms with Crippen molar-refractivity contribution in [1.29, 1.82) is 0 Å². The number of rotatable bonds is 5. The summed E-state index contributed by atoms with van der Waals surface area (Å²) in [6.07, 6.45) is 8.48. The van der Waals surface area contributed by atoms with E-state index in [0.717, 1.165) is 25.0 Å². The smallest absolute Gasteiger partial charge is 0.358 e. The number of aromatic nitrogens is 2. The van der Waals surface area contributed by atoms with E-state index in [4.69, 9.17) is 4.74 Å². The lowest BCUT2D eigenvalue weighted by molar-refractivity contribution is 0.0673. The minimum absolute atomic E-state index is 0.158. The van der Waals surface area contributed by atoms with E-state index in [1.54, 1.807) is 10.9 Å². The van der Waals surface area contributed by atoms with Crippen molar-refractivity contribution in [3.8, 4) is 5.75 Å². The minimum Gasteiger partial charge on any atom is -0.486 e. The van der Waals surface area contributed by atoms with Crippen LogP contribution >= 0.6 is 11.8 Å². The van der Waals surface area contributed by atoms with Gasteiger partial charge in [-0.2, -0.15) is 16.9 Å². The Hall–Kier alpha value is -1.17. The van der Waals surface area contributed by atoms with E-state index in [1.807, 2.05) is 11.8 Å². The number of carbonyl (C=O) groups is 1. The first-order chi connectivity index (χ1) is 10.2. The average molecular weight is 310 g/mol. The number of thioether (sulfide) groups is 1. The first-order valence-corrected chi connectivity index (χ1v) is 8.93. The topological polar surface area (TPSA) is 64.3 Å². The van der Waals surface area contributed by atoms with Crippen molar-refractivity contribution < 1.29 is 14.6 Å². The molecule has 6 heteroatoms. The Labute approximate surface area is 129 Å². The van der Waals surface area contributed by atoms with Crippen molar-refractivity contribution in [2.24, 2.45) is 5.92 Å². The van der Waals surface area contributed by atoms with Gasteiger partial charge in [0.15, 0.2) is 11.4 Å². The van der Waals surface area contributed by atoms with E-state index in [-0.39, 0.29) is 11.8 Å². The molecule has 3 rings (SSSR count). The third-order valence-corrected chi connectivity index (χ3v) is 5.57. The van der Waals surface area contributed by atoms with Crippen LogP contribution in [0, 0.1) is 5.92 Å². The molecule has 1 unspecified atom stereocenters. The number of carboxylic acids is 1. The highest BCUT2D eigenvalue weighted by atomic mass is 32.2. The Balaban J connectivity index is 1.73. The third-order valence-electron chi connectivity index (χ3n) is 4.29. The van der Waals surface area contributed by atoms with E-state index >= 15 is 0 Å². The summed E-state index contributed by atoms with van der Waals surface area (Å²) in [6.45, 7) is 0.683. The summed E-state index contributed by atoms with van der Waals surface area (Å²) < 4.78 is 7.50. The highest BCUT2D eigenvalue weighted by Crippen LogP contribution is 2.29. The molecule has 0 amide bonds. The van der Waals surface area contributed by atoms with Crippen LogP contribution in [0.25, 0.3) is 0 Å². The molecule has 0 radical (unpaired) electrons. The summed E-state index contributed by atoms with van der Waals surface area (Å²) in [5.74, 6) is 2.33. The van der Waals surface area contributed by atoms with Crippen LogP contribution in [-0.4, -0.2) is 38.5 Å². The molecule has 0 spiro atoms. The molecule has 2 aliphatic rings. The molecule has 116 valence electrons. The van der Waals surface area contributed by atoms with Gasteiger partial charge in [-0.1, -0.05) is 0 Å². The van der Waals surface area contributed by atoms with E-state index in [0.29, 0.717) is 18.2 Å². The van der Waals surface area contributed by atoms with E-state index in [9.17, 15) is 9.90 Å². The van der Waals surface area contributed by atoms with Gasteiger partial charge in [0.1, 0.15) is 0 Å². The van der Waals surface area contributed by atoms with Crippen LogP contribution in [0.4, 0.5) is 0 Å². The highest BCUT2D eigenvalue weighted by molar-refractivity contribution is 7.99. The van der Waals surface area contributed by atoms with Crippen LogP contribution in [0.1, 0.15) is 49.0 Å². The first kappa shape index (κ1) is 14.8. The molecule has 1 aliphatic heterocycles. The second-order valence-electron chi connectivity index (χ2n) is 5.95. The summed E-state index contributed by atoms with van der Waals surface area (Å²) in [5, 5.41) is 13.8. The van der Waals surface area contributed by atoms with E-state index in [1.165, 1.54) is 25.0 Å². The standard InChI is InChI=1S/C15H22N2O3S/c18-15(19)14-13(20-12-5-1-2-6-12)8-16-17(14)9-11-4-3-7-21-10-11/h8,11-12H,1-7,9-10H2,(H,18,19). The molecule has 21 heavy (non-hydrogen) atoms. The lowest BCUT2D eigenvalue weighted by Gasteiger charge is -2.21. The molecule has 0 bridgehead atoms. The van der Waals surface area contributed by atoms with Gasteiger partial charge in [-0.25, -0.2) is 4.79 Å². The lowest BCUT2D eigenvalue weighted by atomic mass is 10.1. The number of ether oxygens (including phenoxy) is 1. The fraction of sp³-hybridized carbons (Fsp3) is 0.733. The molecule has 1 atom stereocenters. The zero-order valence-corrected chi connectivity index (χ0v) is 13.0. The molecule has 1 aliphatic carbocycles. The third kappa shape index (κ3) is 3.54. The highest BCUT2D eigenvalue weighted by Gasteiger charge is 2.25. The van der Waals surface area contributed by atoms with Crippen LogP contribution in [-0.2, 0) is 6.54 Å². The second-order valence-corrected chi connectivity index (χ2v) is 7.10. The fourth-order valence-corrected chi connectivity index (χ4v) is 4.33. The molecule has 0 aromatic carbocycles. The van der Waals surface area contributed by atoms with Gasteiger partial charge >= 0.3 is 5.97 Å². The van der Waals surface area contributed by atoms with Gasteiger partial charge in [-0.15, -0.1) is 0 Å². The van der Waals surface area contributed by atoms with Gasteiger partial charge in [-0.3, -0.25) is 4.68 Å². The number of aromatic carboxylic acids is 1. The average Bonchev–Trinajstić information content (AvgIpc) is 3.11. The van der Waals surface area contributed by atoms with Gasteiger partial charge in [-0.05, 0) is 55.9 Å². The lowest BCUT2D eigenvalue weighted by Crippen LogP contribution is -2.21. The Bertz CT molecular complexity index is 491. The van der Waals surface area contributed by atoms with Crippen molar-refractivity contribution in [3.63, 3.8) is 0 Å². The summed E-state index contributed by atoms with van der Waals surface area (Å²) in [4.78, 5) is 11.6. The predicted molar refractivity (Wildman–Crippen MR) is 82.1 cm³/mol. The molecular formula is C15H22N2O3S. The number of nitrogens with zero attached hydrogens (tertiary/aromatic N) is 2. The molecule has 1 N–H and O–H groups in total. The quantitative estimate of drug-likeness (QED) is 0.905. The Morgan fingerprint density at radius 1 is 1.38 bits per heavy atom. The monoisotopic (exact) mass is 310 g/mol. The minimum atomic E-state index is -0.941. The van der Waals surface area contributed by atoms with Gasteiger partial charge in [0.25, 0.3) is 0 Å². The summed E-state index contributed by atoms with van der Waals surface area (Å²) >= 11 is 1.95. The van der Waals surface area contributed by atoms with Crippen LogP contribution in [0.3, 0.4) is 0 Å². The zero-order valence-electron chi connectivity index (χ0n) is 12.2. The molecule has 1 aromatic rings. The number of hydrogen-bond acceptors (Lipinski definition) is 4. The molecule has 2 fully saturated rings. The van der Waals surface area contributed by atoms with E-state index in [2.05, 4.69) is 5.10 Å². The van der Waals surface area contributed by atoms with Gasteiger partial charge in [0.05, 0.1) is 12.3 Å². The largest absolute Gasteiger partial charge is 0.486 e. The second kappa shape index (κ2) is 6.73. The summed E-state index contributed by atoms with van der Waals surface area (Å²) in [6, 6.07) is 0. The molecular weight excluding hydrogens is 288 g/mol. The van der Waals surface area contributed by atoms with Crippen molar-refractivity contribution in [1.82, 2.24) is 9.78 Å². The van der Waals surface area contributed by atoms with Gasteiger partial charge in [0.2, 0.25) is 0 Å². The Morgan fingerprint density at radius 3 is 2.86 bits per heavy atom. The van der Waals surface area contributed by atoms with Crippen LogP contribution in [0.2, 0.25) is 0 Å². The zero-order chi connectivity index (χ0) is 14.7. The normalized spacial score (nSPS) is 23.3. The molecule has 1 saturated carbocycles. The summed E-state index contributed by atoms with van der Waals surface area (Å²) in [7, 11) is 0. The predicted octanol–water partition coefficient (Wildman–Crippen LogP) is 3.05. The van der Waals surface area contributed by atoms with E-state index < -0.39 is 5.97 Å². The van der Waals surface area contributed by atoms with Gasteiger partial charge < -0.3 is 9.84 Å². The van der Waals surface area contributed by atoms with Crippen molar-refractivity contribution in [2.75, 3.05) is 11.5 Å². The Morgan fingerprint density at radius 2 is 2.19 bits per heavy atom.